The van der Waals surface area contributed by atoms with Gasteiger partial charge in [-0.25, -0.2) is 9.97 Å². The zero-order valence-electron chi connectivity index (χ0n) is 11.9. The molecule has 1 aliphatic rings. The minimum absolute atomic E-state index is 0.00635. The molecule has 0 saturated heterocycles. The number of aromatic nitrogens is 3. The molecule has 2 aromatic heterocycles. The highest BCUT2D eigenvalue weighted by molar-refractivity contribution is 7.15. The van der Waals surface area contributed by atoms with E-state index in [2.05, 4.69) is 20.3 Å². The summed E-state index contributed by atoms with van der Waals surface area (Å²) in [5, 5.41) is 3.65. The Hall–Kier alpha value is -1.69. The van der Waals surface area contributed by atoms with Crippen molar-refractivity contribution in [1.82, 2.24) is 15.0 Å². The van der Waals surface area contributed by atoms with Crippen LogP contribution in [0.5, 0.6) is 0 Å². The van der Waals surface area contributed by atoms with E-state index in [-0.39, 0.29) is 11.8 Å². The summed E-state index contributed by atoms with van der Waals surface area (Å²) in [6.45, 7) is 5.93. The van der Waals surface area contributed by atoms with Crippen LogP contribution in [0.25, 0.3) is 0 Å². The summed E-state index contributed by atoms with van der Waals surface area (Å²) in [4.78, 5) is 25.5. The molecule has 0 saturated carbocycles. The summed E-state index contributed by atoms with van der Waals surface area (Å²) in [6, 6.07) is 0. The Bertz CT molecular complexity index is 639. The number of nitrogens with one attached hydrogen (secondary N) is 2. The van der Waals surface area contributed by atoms with Crippen molar-refractivity contribution in [3.63, 3.8) is 0 Å². The van der Waals surface area contributed by atoms with Gasteiger partial charge in [0, 0.05) is 22.9 Å². The summed E-state index contributed by atoms with van der Waals surface area (Å²) in [7, 11) is 0. The molecule has 1 atom stereocenters. The minimum Gasteiger partial charge on any atom is -0.346 e. The van der Waals surface area contributed by atoms with Crippen molar-refractivity contribution in [2.24, 2.45) is 5.92 Å². The van der Waals surface area contributed by atoms with E-state index in [1.807, 2.05) is 20.8 Å². The molecule has 1 aliphatic carbocycles. The fourth-order valence-corrected chi connectivity index (χ4v) is 3.40. The number of amides is 1. The molecule has 3 rings (SSSR count). The van der Waals surface area contributed by atoms with Gasteiger partial charge in [-0.1, -0.05) is 0 Å². The summed E-state index contributed by atoms with van der Waals surface area (Å²) in [6.07, 6.45) is 2.46. The molecule has 5 nitrogen and oxygen atoms in total. The smallest absolute Gasteiger partial charge is 0.229 e. The predicted octanol–water partition coefficient (Wildman–Crippen LogP) is 2.54. The van der Waals surface area contributed by atoms with Gasteiger partial charge in [0.1, 0.15) is 5.82 Å². The number of carbonyl (C=O) groups excluding carboxylic acids is 1. The topological polar surface area (TPSA) is 70.7 Å². The summed E-state index contributed by atoms with van der Waals surface area (Å²) < 4.78 is 0. The highest BCUT2D eigenvalue weighted by Gasteiger charge is 2.27. The number of aromatic amines is 1. The Labute approximate surface area is 121 Å². The van der Waals surface area contributed by atoms with Crippen molar-refractivity contribution in [2.75, 3.05) is 5.32 Å². The Balaban J connectivity index is 1.69. The van der Waals surface area contributed by atoms with Gasteiger partial charge < -0.3 is 10.3 Å². The number of aryl methyl sites for hydroxylation is 4. The van der Waals surface area contributed by atoms with Crippen LogP contribution in [-0.2, 0) is 17.6 Å². The van der Waals surface area contributed by atoms with Gasteiger partial charge in [0.25, 0.3) is 0 Å². The highest BCUT2D eigenvalue weighted by Crippen LogP contribution is 2.26. The van der Waals surface area contributed by atoms with E-state index in [1.165, 1.54) is 11.3 Å². The Morgan fingerprint density at radius 1 is 1.35 bits per heavy atom. The molecule has 0 fully saturated rings. The number of hydrogen-bond acceptors (Lipinski definition) is 4. The van der Waals surface area contributed by atoms with Gasteiger partial charge in [-0.15, -0.1) is 11.3 Å². The molecule has 6 heteroatoms. The minimum atomic E-state index is 0.00635. The van der Waals surface area contributed by atoms with Crippen LogP contribution in [0, 0.1) is 26.7 Å². The van der Waals surface area contributed by atoms with Crippen molar-refractivity contribution in [2.45, 2.75) is 40.0 Å². The fourth-order valence-electron chi connectivity index (χ4n) is 2.58. The van der Waals surface area contributed by atoms with E-state index < -0.39 is 0 Å². The van der Waals surface area contributed by atoms with Crippen LogP contribution in [-0.4, -0.2) is 20.9 Å². The molecule has 20 heavy (non-hydrogen) atoms. The molecule has 1 unspecified atom stereocenters. The molecule has 2 aromatic rings. The summed E-state index contributed by atoms with van der Waals surface area (Å²) in [5.74, 6) is 1.01. The lowest BCUT2D eigenvalue weighted by Crippen LogP contribution is -2.28. The maximum Gasteiger partial charge on any atom is 0.229 e. The Morgan fingerprint density at radius 3 is 2.85 bits per heavy atom. The van der Waals surface area contributed by atoms with Gasteiger partial charge in [0.05, 0.1) is 11.4 Å². The third kappa shape index (κ3) is 2.47. The van der Waals surface area contributed by atoms with Crippen LogP contribution >= 0.6 is 11.3 Å². The molecule has 106 valence electrons. The van der Waals surface area contributed by atoms with E-state index in [9.17, 15) is 4.79 Å². The van der Waals surface area contributed by atoms with Crippen LogP contribution < -0.4 is 5.32 Å². The number of H-pyrrole nitrogens is 1. The van der Waals surface area contributed by atoms with Crippen molar-refractivity contribution in [3.05, 3.63) is 27.8 Å². The number of thiazole rings is 1. The number of rotatable bonds is 2. The number of nitrogens with zero attached hydrogens (tertiary/aromatic N) is 2. The quantitative estimate of drug-likeness (QED) is 0.893. The summed E-state index contributed by atoms with van der Waals surface area (Å²) in [5.41, 5.74) is 3.22. The second-order valence-corrected chi connectivity index (χ2v) is 6.54. The third-order valence-electron chi connectivity index (χ3n) is 3.79. The number of imidazole rings is 1. The fraction of sp³-hybridized carbons (Fsp3) is 0.500. The van der Waals surface area contributed by atoms with Gasteiger partial charge in [-0.05, 0) is 33.6 Å². The van der Waals surface area contributed by atoms with Crippen LogP contribution in [0.15, 0.2) is 0 Å². The van der Waals surface area contributed by atoms with Gasteiger partial charge in [0.15, 0.2) is 5.13 Å². The Morgan fingerprint density at radius 2 is 2.15 bits per heavy atom. The normalized spacial score (nSPS) is 17.9. The molecule has 1 amide bonds. The van der Waals surface area contributed by atoms with Crippen LogP contribution in [0.4, 0.5) is 5.13 Å². The van der Waals surface area contributed by atoms with E-state index in [1.54, 1.807) is 0 Å². The maximum absolute atomic E-state index is 12.3. The van der Waals surface area contributed by atoms with E-state index >= 15 is 0 Å². The first-order chi connectivity index (χ1) is 9.52. The Kier molecular flexibility index (Phi) is 3.33. The molecular formula is C14H18N4OS. The standard InChI is InChI=1S/C14H18N4OS/c1-7-8(2)20-14(15-7)18-13(19)10-4-5-11-12(6-10)17-9(3)16-11/h10H,4-6H2,1-3H3,(H,16,17)(H,15,18,19). The second-order valence-electron chi connectivity index (χ2n) is 5.34. The summed E-state index contributed by atoms with van der Waals surface area (Å²) >= 11 is 1.53. The van der Waals surface area contributed by atoms with Crippen LogP contribution in [0.3, 0.4) is 0 Å². The largest absolute Gasteiger partial charge is 0.346 e. The van der Waals surface area contributed by atoms with Crippen molar-refractivity contribution in [3.8, 4) is 0 Å². The zero-order chi connectivity index (χ0) is 14.3. The third-order valence-corrected chi connectivity index (χ3v) is 4.78. The number of anilines is 1. The molecule has 0 aliphatic heterocycles. The lowest BCUT2D eigenvalue weighted by molar-refractivity contribution is -0.120. The molecule has 0 radical (unpaired) electrons. The van der Waals surface area contributed by atoms with Crippen molar-refractivity contribution >= 4 is 22.4 Å². The SMILES string of the molecule is Cc1nc2c([nH]1)CC(C(=O)Nc1nc(C)c(C)s1)CC2. The average Bonchev–Trinajstić information content (AvgIpc) is 2.90. The molecule has 2 N–H and O–H groups in total. The van der Waals surface area contributed by atoms with E-state index in [0.29, 0.717) is 5.13 Å². The van der Waals surface area contributed by atoms with Crippen molar-refractivity contribution in [1.29, 1.82) is 0 Å². The molecule has 2 heterocycles. The number of hydrogen-bond donors (Lipinski definition) is 2. The lowest BCUT2D eigenvalue weighted by Gasteiger charge is -2.19. The van der Waals surface area contributed by atoms with Crippen LogP contribution in [0.2, 0.25) is 0 Å². The van der Waals surface area contributed by atoms with E-state index in [4.69, 9.17) is 0 Å². The second kappa shape index (κ2) is 5.01. The van der Waals surface area contributed by atoms with Crippen LogP contribution in [0.1, 0.15) is 34.2 Å². The molecule has 0 aromatic carbocycles. The van der Waals surface area contributed by atoms with E-state index in [0.717, 1.165) is 47.0 Å². The number of carbonyl (C=O) groups is 1. The lowest BCUT2D eigenvalue weighted by atomic mass is 9.89. The first-order valence-electron chi connectivity index (χ1n) is 6.82. The van der Waals surface area contributed by atoms with Gasteiger partial charge in [-0.3, -0.25) is 4.79 Å². The highest BCUT2D eigenvalue weighted by atomic mass is 32.1. The van der Waals surface area contributed by atoms with Gasteiger partial charge in [-0.2, -0.15) is 0 Å². The monoisotopic (exact) mass is 290 g/mol. The van der Waals surface area contributed by atoms with Crippen molar-refractivity contribution < 1.29 is 4.79 Å². The van der Waals surface area contributed by atoms with Gasteiger partial charge >= 0.3 is 0 Å². The maximum atomic E-state index is 12.3. The molecule has 0 spiro atoms. The van der Waals surface area contributed by atoms with Gasteiger partial charge in [0.2, 0.25) is 5.91 Å². The first kappa shape index (κ1) is 13.3. The molecular weight excluding hydrogens is 272 g/mol. The predicted molar refractivity (Wildman–Crippen MR) is 79.1 cm³/mol. The first-order valence-corrected chi connectivity index (χ1v) is 7.64. The average molecular weight is 290 g/mol. The number of fused-ring (bicyclic) bond motifs is 1. The zero-order valence-corrected chi connectivity index (χ0v) is 12.7. The molecule has 0 bridgehead atoms.